The summed E-state index contributed by atoms with van der Waals surface area (Å²) in [6.07, 6.45) is 2.36. The minimum atomic E-state index is 0.296. The predicted molar refractivity (Wildman–Crippen MR) is 91.4 cm³/mol. The lowest BCUT2D eigenvalue weighted by Gasteiger charge is -2.17. The number of benzene rings is 2. The minimum absolute atomic E-state index is 0.296. The van der Waals surface area contributed by atoms with Gasteiger partial charge in [0, 0.05) is 16.2 Å². The highest BCUT2D eigenvalue weighted by molar-refractivity contribution is 9.10. The first-order chi connectivity index (χ1) is 9.60. The Morgan fingerprint density at radius 3 is 2.40 bits per heavy atom. The molecule has 1 N–H and O–H groups in total. The van der Waals surface area contributed by atoms with E-state index in [2.05, 4.69) is 84.5 Å². The van der Waals surface area contributed by atoms with E-state index >= 15 is 0 Å². The first-order valence-corrected chi connectivity index (χ1v) is 8.01. The van der Waals surface area contributed by atoms with Gasteiger partial charge in [0.1, 0.15) is 0 Å². The van der Waals surface area contributed by atoms with E-state index in [4.69, 9.17) is 0 Å². The molecule has 2 rings (SSSR count). The van der Waals surface area contributed by atoms with E-state index in [1.165, 1.54) is 23.1 Å². The third-order valence-corrected chi connectivity index (χ3v) is 4.17. The second-order valence-corrected chi connectivity index (χ2v) is 6.20. The van der Waals surface area contributed by atoms with Crippen LogP contribution in [0.3, 0.4) is 0 Å². The van der Waals surface area contributed by atoms with Gasteiger partial charge in [-0.25, -0.2) is 0 Å². The van der Waals surface area contributed by atoms with E-state index in [9.17, 15) is 0 Å². The summed E-state index contributed by atoms with van der Waals surface area (Å²) in [6.45, 7) is 6.51. The quantitative estimate of drug-likeness (QED) is 0.720. The molecule has 106 valence electrons. The SMILES string of the molecule is CCCc1ccc(C(C)Nc2ccc(C)cc2Br)cc1. The highest BCUT2D eigenvalue weighted by Gasteiger charge is 2.07. The van der Waals surface area contributed by atoms with Crippen molar-refractivity contribution in [2.24, 2.45) is 0 Å². The van der Waals surface area contributed by atoms with Crippen LogP contribution in [0, 0.1) is 6.92 Å². The fourth-order valence-corrected chi connectivity index (χ4v) is 2.92. The van der Waals surface area contributed by atoms with Crippen LogP contribution in [-0.2, 0) is 6.42 Å². The Hall–Kier alpha value is -1.28. The Labute approximate surface area is 130 Å². The molecule has 2 aromatic rings. The molecule has 0 radical (unpaired) electrons. The van der Waals surface area contributed by atoms with Gasteiger partial charge in [0.05, 0.1) is 0 Å². The van der Waals surface area contributed by atoms with Gasteiger partial charge < -0.3 is 5.32 Å². The van der Waals surface area contributed by atoms with Gasteiger partial charge in [-0.15, -0.1) is 0 Å². The Morgan fingerprint density at radius 1 is 1.10 bits per heavy atom. The molecule has 20 heavy (non-hydrogen) atoms. The Balaban J connectivity index is 2.09. The molecule has 1 unspecified atom stereocenters. The standard InChI is InChI=1S/C18H22BrN/c1-4-5-15-7-9-16(10-8-15)14(3)20-18-11-6-13(2)12-17(18)19/h6-12,14,20H,4-5H2,1-3H3. The molecule has 2 aromatic carbocycles. The van der Waals surface area contributed by atoms with Crippen LogP contribution in [0.25, 0.3) is 0 Å². The first kappa shape index (κ1) is 15.1. The van der Waals surface area contributed by atoms with Gasteiger partial charge in [0.25, 0.3) is 0 Å². The molecule has 1 atom stereocenters. The largest absolute Gasteiger partial charge is 0.378 e. The summed E-state index contributed by atoms with van der Waals surface area (Å²) < 4.78 is 1.12. The highest BCUT2D eigenvalue weighted by atomic mass is 79.9. The molecule has 0 heterocycles. The summed E-state index contributed by atoms with van der Waals surface area (Å²) in [5, 5.41) is 3.56. The van der Waals surface area contributed by atoms with Crippen LogP contribution in [0.4, 0.5) is 5.69 Å². The third-order valence-electron chi connectivity index (χ3n) is 3.51. The zero-order valence-electron chi connectivity index (χ0n) is 12.4. The maximum atomic E-state index is 3.62. The molecule has 0 fully saturated rings. The van der Waals surface area contributed by atoms with Crippen LogP contribution in [0.2, 0.25) is 0 Å². The van der Waals surface area contributed by atoms with Crippen molar-refractivity contribution >= 4 is 21.6 Å². The number of halogens is 1. The van der Waals surface area contributed by atoms with Gasteiger partial charge in [-0.1, -0.05) is 43.7 Å². The van der Waals surface area contributed by atoms with E-state index < -0.39 is 0 Å². The summed E-state index contributed by atoms with van der Waals surface area (Å²) in [5.74, 6) is 0. The van der Waals surface area contributed by atoms with Gasteiger partial charge in [-0.3, -0.25) is 0 Å². The molecule has 0 aliphatic heterocycles. The lowest BCUT2D eigenvalue weighted by Crippen LogP contribution is -2.07. The fourth-order valence-electron chi connectivity index (χ4n) is 2.32. The zero-order valence-corrected chi connectivity index (χ0v) is 14.0. The third kappa shape index (κ3) is 3.86. The topological polar surface area (TPSA) is 12.0 Å². The number of anilines is 1. The van der Waals surface area contributed by atoms with Gasteiger partial charge in [-0.05, 0) is 65.0 Å². The van der Waals surface area contributed by atoms with Gasteiger partial charge >= 0.3 is 0 Å². The molecular weight excluding hydrogens is 310 g/mol. The molecule has 0 bridgehead atoms. The van der Waals surface area contributed by atoms with E-state index in [0.717, 1.165) is 16.6 Å². The monoisotopic (exact) mass is 331 g/mol. The van der Waals surface area contributed by atoms with Crippen LogP contribution < -0.4 is 5.32 Å². The number of nitrogens with one attached hydrogen (secondary N) is 1. The molecule has 2 heteroatoms. The lowest BCUT2D eigenvalue weighted by atomic mass is 10.0. The van der Waals surface area contributed by atoms with E-state index in [0.29, 0.717) is 6.04 Å². The number of rotatable bonds is 5. The summed E-state index contributed by atoms with van der Waals surface area (Å²) in [7, 11) is 0. The second-order valence-electron chi connectivity index (χ2n) is 5.34. The Kier molecular flexibility index (Phi) is 5.24. The molecule has 0 aliphatic rings. The molecule has 1 nitrogen and oxygen atoms in total. The smallest absolute Gasteiger partial charge is 0.0489 e. The Morgan fingerprint density at radius 2 is 1.80 bits per heavy atom. The van der Waals surface area contributed by atoms with Crippen molar-refractivity contribution in [3.8, 4) is 0 Å². The zero-order chi connectivity index (χ0) is 14.5. The number of hydrogen-bond donors (Lipinski definition) is 1. The molecule has 0 amide bonds. The average Bonchev–Trinajstić information content (AvgIpc) is 2.43. The maximum Gasteiger partial charge on any atom is 0.0489 e. The van der Waals surface area contributed by atoms with Crippen molar-refractivity contribution in [3.05, 3.63) is 63.6 Å². The van der Waals surface area contributed by atoms with Crippen molar-refractivity contribution in [2.45, 2.75) is 39.7 Å². The highest BCUT2D eigenvalue weighted by Crippen LogP contribution is 2.27. The van der Waals surface area contributed by atoms with E-state index in [1.54, 1.807) is 0 Å². The minimum Gasteiger partial charge on any atom is -0.378 e. The molecule has 0 saturated carbocycles. The fraction of sp³-hybridized carbons (Fsp3) is 0.333. The van der Waals surface area contributed by atoms with Crippen LogP contribution in [-0.4, -0.2) is 0 Å². The maximum absolute atomic E-state index is 3.62. The molecule has 0 aromatic heterocycles. The van der Waals surface area contributed by atoms with Crippen molar-refractivity contribution in [1.29, 1.82) is 0 Å². The molecule has 0 spiro atoms. The van der Waals surface area contributed by atoms with Crippen LogP contribution in [0.5, 0.6) is 0 Å². The first-order valence-electron chi connectivity index (χ1n) is 7.21. The van der Waals surface area contributed by atoms with Crippen molar-refractivity contribution in [3.63, 3.8) is 0 Å². The summed E-state index contributed by atoms with van der Waals surface area (Å²) in [6, 6.07) is 15.6. The summed E-state index contributed by atoms with van der Waals surface area (Å²) in [4.78, 5) is 0. The number of hydrogen-bond acceptors (Lipinski definition) is 1. The van der Waals surface area contributed by atoms with Crippen molar-refractivity contribution in [2.75, 3.05) is 5.32 Å². The van der Waals surface area contributed by atoms with Gasteiger partial charge in [0.15, 0.2) is 0 Å². The molecular formula is C18H22BrN. The van der Waals surface area contributed by atoms with Crippen LogP contribution in [0.15, 0.2) is 46.9 Å². The average molecular weight is 332 g/mol. The van der Waals surface area contributed by atoms with E-state index in [-0.39, 0.29) is 0 Å². The normalized spacial score (nSPS) is 12.2. The van der Waals surface area contributed by atoms with Gasteiger partial charge in [0.2, 0.25) is 0 Å². The van der Waals surface area contributed by atoms with Crippen LogP contribution in [0.1, 0.15) is 43.0 Å². The summed E-state index contributed by atoms with van der Waals surface area (Å²) in [5.41, 5.74) is 5.14. The van der Waals surface area contributed by atoms with Crippen molar-refractivity contribution < 1.29 is 0 Å². The lowest BCUT2D eigenvalue weighted by molar-refractivity contribution is 0.875. The number of aryl methyl sites for hydroxylation is 2. The molecule has 0 aliphatic carbocycles. The predicted octanol–water partition coefficient (Wildman–Crippen LogP) is 5.88. The Bertz CT molecular complexity index is 560. The van der Waals surface area contributed by atoms with Crippen LogP contribution >= 0.6 is 15.9 Å². The van der Waals surface area contributed by atoms with E-state index in [1.807, 2.05) is 0 Å². The second kappa shape index (κ2) is 6.94. The summed E-state index contributed by atoms with van der Waals surface area (Å²) >= 11 is 3.62. The van der Waals surface area contributed by atoms with Crippen molar-refractivity contribution in [1.82, 2.24) is 0 Å². The molecule has 0 saturated heterocycles. The van der Waals surface area contributed by atoms with Gasteiger partial charge in [-0.2, -0.15) is 0 Å².